The van der Waals surface area contributed by atoms with Crippen molar-refractivity contribution in [3.63, 3.8) is 0 Å². The van der Waals surface area contributed by atoms with Crippen LogP contribution in [0.5, 0.6) is 0 Å². The minimum Gasteiger partial charge on any atom is -1.00 e. The molecule has 0 spiro atoms. The molecule has 0 heterocycles. The molecule has 4 heteroatoms. The van der Waals surface area contributed by atoms with Crippen LogP contribution in [-0.4, -0.2) is 0 Å². The van der Waals surface area contributed by atoms with E-state index in [1.807, 2.05) is 0 Å². The van der Waals surface area contributed by atoms with Crippen molar-refractivity contribution < 1.29 is 57.7 Å². The molecular weight excluding hydrogens is 455 g/mol. The van der Waals surface area contributed by atoms with Crippen molar-refractivity contribution in [3.8, 4) is 0 Å². The van der Waals surface area contributed by atoms with E-state index in [-0.39, 0.29) is 46.4 Å². The number of hydrogen-bond donors (Lipinski definition) is 0. The van der Waals surface area contributed by atoms with Crippen LogP contribution in [0.2, 0.25) is 3.72 Å². The van der Waals surface area contributed by atoms with Crippen molar-refractivity contribution in [1.29, 1.82) is 0 Å². The largest absolute Gasteiger partial charge is 1.00 e. The van der Waals surface area contributed by atoms with E-state index in [1.165, 1.54) is 29.5 Å². The monoisotopic (exact) mass is 482 g/mol. The van der Waals surface area contributed by atoms with Crippen molar-refractivity contribution in [2.45, 2.75) is 49.2 Å². The molecule has 2 aromatic rings. The van der Waals surface area contributed by atoms with E-state index in [4.69, 9.17) is 0 Å². The Morgan fingerprint density at radius 1 is 0.862 bits per heavy atom. The van der Waals surface area contributed by atoms with Crippen molar-refractivity contribution >= 4 is 0 Å². The number of rotatable bonds is 7. The molecule has 2 aromatic carbocycles. The Labute approximate surface area is 207 Å². The van der Waals surface area contributed by atoms with Crippen LogP contribution in [-0.2, 0) is 25.9 Å². The zero-order valence-electron chi connectivity index (χ0n) is 17.3. The zero-order valence-corrected chi connectivity index (χ0v) is 21.2. The normalized spacial score (nSPS) is 17.8. The van der Waals surface area contributed by atoms with Gasteiger partial charge >= 0.3 is 171 Å². The number of allylic oxidation sites excluding steroid dienone is 4. The van der Waals surface area contributed by atoms with Gasteiger partial charge in [0.15, 0.2) is 0 Å². The fraction of sp³-hybridized carbons (Fsp3) is 0.360. The third-order valence-corrected chi connectivity index (χ3v) is 6.90. The summed E-state index contributed by atoms with van der Waals surface area (Å²) in [4.78, 5) is 0. The predicted molar refractivity (Wildman–Crippen MR) is 108 cm³/mol. The van der Waals surface area contributed by atoms with E-state index >= 15 is 0 Å². The maximum atomic E-state index is 2.54. The molecule has 0 amide bonds. The molecule has 0 bridgehead atoms. The summed E-state index contributed by atoms with van der Waals surface area (Å²) in [6.07, 6.45) is 10.9. The van der Waals surface area contributed by atoms with Gasteiger partial charge in [0.25, 0.3) is 0 Å². The molecule has 0 aromatic heterocycles. The number of hydrogen-bond acceptors (Lipinski definition) is 0. The van der Waals surface area contributed by atoms with Gasteiger partial charge in [0.05, 0.1) is 0 Å². The maximum absolute atomic E-state index is 2.54. The van der Waals surface area contributed by atoms with Crippen LogP contribution in [0.4, 0.5) is 0 Å². The summed E-state index contributed by atoms with van der Waals surface area (Å²) in [5, 5.41) is 0. The molecule has 0 N–H and O–H groups in total. The Morgan fingerprint density at radius 2 is 1.34 bits per heavy atom. The third kappa shape index (κ3) is 5.60. The molecule has 1 aliphatic rings. The van der Waals surface area contributed by atoms with E-state index in [9.17, 15) is 0 Å². The maximum Gasteiger partial charge on any atom is -1.00 e. The van der Waals surface area contributed by atoms with Gasteiger partial charge in [-0.05, 0) is 0 Å². The van der Waals surface area contributed by atoms with E-state index in [0.29, 0.717) is 5.92 Å². The van der Waals surface area contributed by atoms with Crippen LogP contribution < -0.4 is 37.2 Å². The molecular formula is C25H29Cl3Ti. The predicted octanol–water partition coefficient (Wildman–Crippen LogP) is -1.97. The average molecular weight is 484 g/mol. The molecule has 0 radical (unpaired) electrons. The first-order valence-electron chi connectivity index (χ1n) is 9.81. The van der Waals surface area contributed by atoms with Crippen molar-refractivity contribution in [2.75, 3.05) is 0 Å². The Kier molecular flexibility index (Phi) is 12.2. The van der Waals surface area contributed by atoms with Crippen LogP contribution in [0.1, 0.15) is 51.2 Å². The first-order chi connectivity index (χ1) is 12.5. The van der Waals surface area contributed by atoms with Gasteiger partial charge in [-0.25, -0.2) is 0 Å². The van der Waals surface area contributed by atoms with Gasteiger partial charge in [-0.2, -0.15) is 0 Å². The van der Waals surface area contributed by atoms with E-state index < -0.39 is 0 Å². The van der Waals surface area contributed by atoms with Gasteiger partial charge in [-0.1, -0.05) is 0 Å². The van der Waals surface area contributed by atoms with Gasteiger partial charge in [-0.15, -0.1) is 0 Å². The Balaban J connectivity index is 0.00000261. The quantitative estimate of drug-likeness (QED) is 0.401. The molecule has 154 valence electrons. The summed E-state index contributed by atoms with van der Waals surface area (Å²) in [5.74, 6) is 0.559. The smallest absolute Gasteiger partial charge is 1.00 e. The average Bonchev–Trinajstić information content (AvgIpc) is 3.08. The molecule has 29 heavy (non-hydrogen) atoms. The summed E-state index contributed by atoms with van der Waals surface area (Å²) < 4.78 is -0.0233. The van der Waals surface area contributed by atoms with Crippen LogP contribution >= 0.6 is 0 Å². The van der Waals surface area contributed by atoms with Gasteiger partial charge in [0.1, 0.15) is 0 Å². The first kappa shape index (κ1) is 28.5. The molecule has 0 saturated carbocycles. The van der Waals surface area contributed by atoms with Crippen LogP contribution in [0.3, 0.4) is 0 Å². The van der Waals surface area contributed by atoms with Gasteiger partial charge in [0.2, 0.25) is 0 Å². The van der Waals surface area contributed by atoms with Crippen molar-refractivity contribution in [1.82, 2.24) is 0 Å². The molecule has 1 atom stereocenters. The number of halogens is 3. The summed E-state index contributed by atoms with van der Waals surface area (Å²) in [6, 6.07) is 22.3. The summed E-state index contributed by atoms with van der Waals surface area (Å²) >= 11 is 2.43. The Hall–Kier alpha value is -0.496. The number of benzene rings is 2. The van der Waals surface area contributed by atoms with E-state index in [1.54, 1.807) is 0 Å². The molecule has 1 aliphatic carbocycles. The molecule has 0 nitrogen and oxygen atoms in total. The SMILES string of the molecule is CCCCC(c1ccccc1)(c1ccccc1)[C]1([Ti+3])C=CC(C(C)C)=C1.[Cl-].[Cl-].[Cl-]. The van der Waals surface area contributed by atoms with Gasteiger partial charge in [0, 0.05) is 0 Å². The molecule has 0 aliphatic heterocycles. The summed E-state index contributed by atoms with van der Waals surface area (Å²) in [6.45, 7) is 6.88. The Bertz CT molecular complexity index is 745. The standard InChI is InChI=1S/C25H29.3ClH.Ti/c1-4-5-18-25(22-12-8-6-9-13-22,23-14-10-7-11-15-23)24-17-16-21(19-24)20(2)3;;;;/h6-17,19-20H,4-5,18H2,1-3H3;3*1H;/q;;;;+3/p-3. The molecule has 3 rings (SSSR count). The minimum atomic E-state index is -0.0430. The zero-order chi connectivity index (χ0) is 18.6. The fourth-order valence-electron chi connectivity index (χ4n) is 4.24. The first-order valence-corrected chi connectivity index (χ1v) is 10.6. The van der Waals surface area contributed by atoms with Crippen LogP contribution in [0, 0.1) is 5.92 Å². The van der Waals surface area contributed by atoms with Crippen molar-refractivity contribution in [3.05, 3.63) is 95.6 Å². The molecule has 0 saturated heterocycles. The summed E-state index contributed by atoms with van der Waals surface area (Å²) in [7, 11) is 0. The van der Waals surface area contributed by atoms with E-state index in [2.05, 4.69) is 120 Å². The fourth-order valence-corrected chi connectivity index (χ4v) is 5.27. The van der Waals surface area contributed by atoms with Crippen LogP contribution in [0.15, 0.2) is 84.5 Å². The summed E-state index contributed by atoms with van der Waals surface area (Å²) in [5.41, 5.74) is 4.26. The van der Waals surface area contributed by atoms with E-state index in [0.717, 1.165) is 6.42 Å². The van der Waals surface area contributed by atoms with Crippen molar-refractivity contribution in [2.24, 2.45) is 5.92 Å². The third-order valence-electron chi connectivity index (χ3n) is 5.74. The second kappa shape index (κ2) is 12.4. The second-order valence-corrected chi connectivity index (χ2v) is 9.03. The van der Waals surface area contributed by atoms with Gasteiger partial charge < -0.3 is 37.2 Å². The molecule has 1 unspecified atom stereocenters. The van der Waals surface area contributed by atoms with Crippen LogP contribution in [0.25, 0.3) is 0 Å². The second-order valence-electron chi connectivity index (χ2n) is 7.74. The Morgan fingerprint density at radius 3 is 1.72 bits per heavy atom. The van der Waals surface area contributed by atoms with Gasteiger partial charge in [-0.3, -0.25) is 0 Å². The molecule has 0 fully saturated rings. The minimum absolute atomic E-state index is 0. The topological polar surface area (TPSA) is 0 Å². The number of unbranched alkanes of at least 4 members (excludes halogenated alkanes) is 1.